The van der Waals surface area contributed by atoms with Gasteiger partial charge in [-0.1, -0.05) is 17.7 Å². The fourth-order valence-electron chi connectivity index (χ4n) is 4.22. The molecule has 3 heterocycles. The number of hydrogen-bond donors (Lipinski definition) is 0. The van der Waals surface area contributed by atoms with Crippen LogP contribution in [-0.4, -0.2) is 71.5 Å². The van der Waals surface area contributed by atoms with E-state index in [0.29, 0.717) is 51.1 Å². The van der Waals surface area contributed by atoms with Gasteiger partial charge in [0.25, 0.3) is 5.89 Å². The highest BCUT2D eigenvalue weighted by Crippen LogP contribution is 2.29. The predicted molar refractivity (Wildman–Crippen MR) is 125 cm³/mol. The molecule has 8 nitrogen and oxygen atoms in total. The van der Waals surface area contributed by atoms with E-state index in [9.17, 15) is 18.0 Å². The lowest BCUT2D eigenvalue weighted by atomic mass is 10.1. The molecule has 5 rings (SSSR count). The van der Waals surface area contributed by atoms with Gasteiger partial charge in [0.1, 0.15) is 11.6 Å². The lowest BCUT2D eigenvalue weighted by Gasteiger charge is -2.43. The number of benzene rings is 2. The number of carbonyl (C=O) groups excluding carboxylic acids is 1. The van der Waals surface area contributed by atoms with Crippen LogP contribution in [0.15, 0.2) is 40.8 Å². The van der Waals surface area contributed by atoms with Gasteiger partial charge in [-0.15, -0.1) is 10.2 Å². The smallest absolute Gasteiger partial charge is 0.324 e. The van der Waals surface area contributed by atoms with Crippen LogP contribution in [0.25, 0.3) is 11.5 Å². The van der Waals surface area contributed by atoms with Gasteiger partial charge in [-0.25, -0.2) is 13.6 Å². The highest BCUT2D eigenvalue weighted by atomic mass is 35.5. The Bertz CT molecular complexity index is 1280. The summed E-state index contributed by atoms with van der Waals surface area (Å²) in [6, 6.07) is 7.73. The molecule has 0 spiro atoms. The quantitative estimate of drug-likeness (QED) is 0.421. The number of anilines is 1. The Labute approximate surface area is 214 Å². The molecule has 0 aliphatic carbocycles. The number of urea groups is 1. The van der Waals surface area contributed by atoms with Gasteiger partial charge in [0.15, 0.2) is 0 Å². The molecule has 2 amide bonds. The van der Waals surface area contributed by atoms with Crippen molar-refractivity contribution in [1.29, 1.82) is 0 Å². The molecule has 0 radical (unpaired) electrons. The predicted octanol–water partition coefficient (Wildman–Crippen LogP) is 4.75. The first-order chi connectivity index (χ1) is 17.8. The van der Waals surface area contributed by atoms with E-state index in [1.54, 1.807) is 4.90 Å². The number of amides is 2. The first-order valence-electron chi connectivity index (χ1n) is 11.5. The molecule has 0 saturated carbocycles. The largest absolute Gasteiger partial charge is 0.415 e. The summed E-state index contributed by atoms with van der Waals surface area (Å²) in [6.45, 7) is 3.44. The van der Waals surface area contributed by atoms with E-state index in [4.69, 9.17) is 20.8 Å². The van der Waals surface area contributed by atoms with Crippen LogP contribution < -0.4 is 4.90 Å². The lowest BCUT2D eigenvalue weighted by molar-refractivity contribution is -0.0738. The Morgan fingerprint density at radius 3 is 2.41 bits per heavy atom. The minimum Gasteiger partial charge on any atom is -0.415 e. The normalized spacial score (nSPS) is 16.8. The monoisotopic (exact) mass is 539 g/mol. The maximum absolute atomic E-state index is 15.1. The molecular weight excluding hydrogens is 518 g/mol. The molecule has 0 bridgehead atoms. The molecule has 2 fully saturated rings. The first kappa shape index (κ1) is 25.4. The van der Waals surface area contributed by atoms with Crippen LogP contribution >= 0.6 is 11.6 Å². The van der Waals surface area contributed by atoms with Gasteiger partial charge >= 0.3 is 12.5 Å². The molecule has 0 atom stereocenters. The number of piperazine rings is 1. The third kappa shape index (κ3) is 5.41. The average molecular weight is 540 g/mol. The Balaban J connectivity index is 1.37. The summed E-state index contributed by atoms with van der Waals surface area (Å²) in [5.41, 5.74) is 0.545. The second-order valence-electron chi connectivity index (χ2n) is 8.73. The molecule has 196 valence electrons. The number of halogens is 5. The lowest BCUT2D eigenvalue weighted by Crippen LogP contribution is -2.59. The summed E-state index contributed by atoms with van der Waals surface area (Å²) in [6.07, 6.45) is -2.95. The van der Waals surface area contributed by atoms with E-state index in [1.807, 2.05) is 0 Å². The Morgan fingerprint density at radius 2 is 1.81 bits per heavy atom. The third-order valence-corrected chi connectivity index (χ3v) is 6.71. The van der Waals surface area contributed by atoms with Crippen molar-refractivity contribution in [2.45, 2.75) is 19.0 Å². The minimum absolute atomic E-state index is 0.111. The summed E-state index contributed by atoms with van der Waals surface area (Å²) in [5.74, 6) is -2.48. The summed E-state index contributed by atoms with van der Waals surface area (Å²) >= 11 is 5.98. The summed E-state index contributed by atoms with van der Waals surface area (Å²) < 4.78 is 64.6. The van der Waals surface area contributed by atoms with Gasteiger partial charge in [-0.05, 0) is 30.3 Å². The van der Waals surface area contributed by atoms with Gasteiger partial charge in [0, 0.05) is 43.0 Å². The maximum atomic E-state index is 15.1. The van der Waals surface area contributed by atoms with Crippen LogP contribution in [0.1, 0.15) is 17.9 Å². The van der Waals surface area contributed by atoms with E-state index >= 15 is 4.39 Å². The van der Waals surface area contributed by atoms with E-state index in [-0.39, 0.29) is 34.6 Å². The average Bonchev–Trinajstić information content (AvgIpc) is 3.35. The van der Waals surface area contributed by atoms with Gasteiger partial charge in [0.05, 0.1) is 30.8 Å². The van der Waals surface area contributed by atoms with Crippen molar-refractivity contribution in [3.8, 4) is 11.5 Å². The third-order valence-electron chi connectivity index (χ3n) is 6.42. The molecule has 0 N–H and O–H groups in total. The zero-order chi connectivity index (χ0) is 26.1. The molecule has 2 aliphatic rings. The molecule has 2 aliphatic heterocycles. The van der Waals surface area contributed by atoms with Crippen molar-refractivity contribution >= 4 is 23.3 Å². The number of hydrogen-bond acceptors (Lipinski definition) is 6. The van der Waals surface area contributed by atoms with Crippen LogP contribution in [0.5, 0.6) is 0 Å². The Kier molecular flexibility index (Phi) is 7.31. The van der Waals surface area contributed by atoms with Crippen LogP contribution in [0.4, 0.5) is 28.0 Å². The number of carbonyl (C=O) groups is 1. The first-order valence-corrected chi connectivity index (χ1v) is 11.9. The fraction of sp³-hybridized carbons (Fsp3) is 0.375. The Hall–Kier alpha value is -3.22. The maximum Gasteiger partial charge on any atom is 0.324 e. The summed E-state index contributed by atoms with van der Waals surface area (Å²) in [4.78, 5) is 18.8. The molecule has 1 aromatic heterocycles. The van der Waals surface area contributed by atoms with Gasteiger partial charge in [-0.2, -0.15) is 8.78 Å². The standard InChI is InChI=1S/C24H22ClF4N5O3/c25-18-10-16(3-4-19(18)26)34(24(35)33-7-5-32(6-8-33)17-12-36-13-17)11-15-2-1-14(9-20(15)27)22-30-31-23(37-22)21(28)29/h1-4,9-10,17,21H,5-8,11-13H2. The fourth-order valence-corrected chi connectivity index (χ4v) is 4.40. The highest BCUT2D eigenvalue weighted by molar-refractivity contribution is 6.31. The van der Waals surface area contributed by atoms with Crippen LogP contribution in [0.3, 0.4) is 0 Å². The molecular formula is C24H22ClF4N5O3. The van der Waals surface area contributed by atoms with E-state index < -0.39 is 24.0 Å². The molecule has 2 aromatic carbocycles. The van der Waals surface area contributed by atoms with Gasteiger partial charge < -0.3 is 14.1 Å². The van der Waals surface area contributed by atoms with Crippen molar-refractivity contribution in [3.63, 3.8) is 0 Å². The second-order valence-corrected chi connectivity index (χ2v) is 9.14. The van der Waals surface area contributed by atoms with Crippen LogP contribution in [-0.2, 0) is 11.3 Å². The van der Waals surface area contributed by atoms with Crippen molar-refractivity contribution in [1.82, 2.24) is 20.0 Å². The molecule has 2 saturated heterocycles. The van der Waals surface area contributed by atoms with Crippen molar-refractivity contribution in [2.24, 2.45) is 0 Å². The molecule has 37 heavy (non-hydrogen) atoms. The number of nitrogens with zero attached hydrogens (tertiary/aromatic N) is 5. The van der Waals surface area contributed by atoms with Crippen LogP contribution in [0.2, 0.25) is 5.02 Å². The molecule has 13 heteroatoms. The van der Waals surface area contributed by atoms with Gasteiger partial charge in [-0.3, -0.25) is 9.80 Å². The van der Waals surface area contributed by atoms with Crippen LogP contribution in [0, 0.1) is 11.6 Å². The van der Waals surface area contributed by atoms with Gasteiger partial charge in [0.2, 0.25) is 5.89 Å². The van der Waals surface area contributed by atoms with E-state index in [2.05, 4.69) is 15.1 Å². The number of ether oxygens (including phenoxy) is 1. The summed E-state index contributed by atoms with van der Waals surface area (Å²) in [7, 11) is 0. The van der Waals surface area contributed by atoms with Crippen molar-refractivity contribution in [3.05, 3.63) is 64.5 Å². The van der Waals surface area contributed by atoms with E-state index in [0.717, 1.165) is 12.1 Å². The minimum atomic E-state index is -2.95. The topological polar surface area (TPSA) is 74.9 Å². The van der Waals surface area contributed by atoms with Crippen molar-refractivity contribution < 1.29 is 31.5 Å². The number of aromatic nitrogens is 2. The number of alkyl halides is 2. The summed E-state index contributed by atoms with van der Waals surface area (Å²) in [5, 5.41) is 6.60. The van der Waals surface area contributed by atoms with Crippen molar-refractivity contribution in [2.75, 3.05) is 44.3 Å². The molecule has 3 aromatic rings. The highest BCUT2D eigenvalue weighted by Gasteiger charge is 2.32. The second kappa shape index (κ2) is 10.6. The zero-order valence-corrected chi connectivity index (χ0v) is 20.2. The van der Waals surface area contributed by atoms with E-state index in [1.165, 1.54) is 29.2 Å². The number of rotatable bonds is 6. The molecule has 0 unspecified atom stereocenters. The Morgan fingerprint density at radius 1 is 1.05 bits per heavy atom. The zero-order valence-electron chi connectivity index (χ0n) is 19.4. The SMILES string of the molecule is O=C(N1CCN(C2COC2)CC1)N(Cc1ccc(-c2nnc(C(F)F)o2)cc1F)c1ccc(F)c(Cl)c1.